The van der Waals surface area contributed by atoms with Gasteiger partial charge in [0.05, 0.1) is 10.8 Å². The fourth-order valence-corrected chi connectivity index (χ4v) is 5.32. The number of aromatic nitrogens is 2. The van der Waals surface area contributed by atoms with Crippen LogP contribution in [0.1, 0.15) is 71.6 Å². The van der Waals surface area contributed by atoms with E-state index >= 15 is 0 Å². The van der Waals surface area contributed by atoms with Gasteiger partial charge in [-0.25, -0.2) is 0 Å². The molecule has 0 radical (unpaired) electrons. The average Bonchev–Trinajstić information content (AvgIpc) is 3.06. The quantitative estimate of drug-likeness (QED) is 0.654. The molecule has 2 rings (SSSR count). The lowest BCUT2D eigenvalue weighted by Crippen LogP contribution is -2.27. The van der Waals surface area contributed by atoms with Crippen LogP contribution in [-0.4, -0.2) is 26.1 Å². The molecule has 0 saturated heterocycles. The number of unbranched alkanes of at least 4 members (excludes halogenated alkanes) is 2. The first-order chi connectivity index (χ1) is 11.6. The predicted octanol–water partition coefficient (Wildman–Crippen LogP) is 4.38. The molecule has 24 heavy (non-hydrogen) atoms. The van der Waals surface area contributed by atoms with Crippen LogP contribution in [0, 0.1) is 11.8 Å². The van der Waals surface area contributed by atoms with Crippen molar-refractivity contribution in [3.8, 4) is 0 Å². The molecule has 0 bridgehead atoms. The summed E-state index contributed by atoms with van der Waals surface area (Å²) in [5.41, 5.74) is 0. The highest BCUT2D eigenvalue weighted by atomic mass is 32.2. The summed E-state index contributed by atoms with van der Waals surface area (Å²) in [7, 11) is -1.10. The third-order valence-electron chi connectivity index (χ3n) is 4.70. The molecule has 1 aliphatic rings. The second-order valence-electron chi connectivity index (χ2n) is 6.63. The molecule has 1 saturated carbocycles. The van der Waals surface area contributed by atoms with Gasteiger partial charge in [0, 0.05) is 11.7 Å². The van der Waals surface area contributed by atoms with Crippen molar-refractivity contribution in [2.45, 2.75) is 76.0 Å². The summed E-state index contributed by atoms with van der Waals surface area (Å²) in [6.45, 7) is 4.30. The van der Waals surface area contributed by atoms with Crippen LogP contribution in [0.3, 0.4) is 0 Å². The van der Waals surface area contributed by atoms with E-state index in [9.17, 15) is 9.00 Å². The Labute approximate surface area is 151 Å². The Morgan fingerprint density at radius 3 is 2.54 bits per heavy atom. The first-order valence-electron chi connectivity index (χ1n) is 9.16. The minimum absolute atomic E-state index is 0.0472. The van der Waals surface area contributed by atoms with Crippen LogP contribution in [-0.2, 0) is 15.6 Å². The van der Waals surface area contributed by atoms with Crippen molar-refractivity contribution in [2.24, 2.45) is 11.8 Å². The van der Waals surface area contributed by atoms with Crippen molar-refractivity contribution in [3.63, 3.8) is 0 Å². The fraction of sp³-hybridized carbons (Fsp3) is 0.824. The molecular formula is C17H29N3O2S2. The molecule has 0 aliphatic heterocycles. The van der Waals surface area contributed by atoms with E-state index in [0.29, 0.717) is 15.2 Å². The smallest absolute Gasteiger partial charge is 0.229 e. The van der Waals surface area contributed by atoms with Gasteiger partial charge in [-0.05, 0) is 38.0 Å². The van der Waals surface area contributed by atoms with Crippen molar-refractivity contribution < 1.29 is 9.00 Å². The van der Waals surface area contributed by atoms with Crippen LogP contribution in [0.15, 0.2) is 4.34 Å². The standard InChI is InChI=1S/C17H29N3O2S2/c1-3-5-7-13-8-10-14(11-9-13)15(21)18-16-19-20-17(23-16)24(22)12-6-4-2/h13-14H,3-12H2,1-2H3,(H,18,19,21)/t13?,14?,24-/m0/s1. The van der Waals surface area contributed by atoms with E-state index in [1.165, 1.54) is 30.6 Å². The monoisotopic (exact) mass is 371 g/mol. The molecule has 1 aromatic heterocycles. The average molecular weight is 372 g/mol. The highest BCUT2D eigenvalue weighted by Gasteiger charge is 2.26. The second-order valence-corrected chi connectivity index (χ2v) is 9.35. The number of nitrogens with zero attached hydrogens (tertiary/aromatic N) is 2. The van der Waals surface area contributed by atoms with E-state index in [2.05, 4.69) is 29.4 Å². The fourth-order valence-electron chi connectivity index (χ4n) is 3.13. The third-order valence-corrected chi connectivity index (χ3v) is 7.27. The lowest BCUT2D eigenvalue weighted by molar-refractivity contribution is -0.121. The van der Waals surface area contributed by atoms with Gasteiger partial charge in [-0.2, -0.15) is 0 Å². The minimum Gasteiger partial charge on any atom is -0.300 e. The van der Waals surface area contributed by atoms with Crippen LogP contribution in [0.25, 0.3) is 0 Å². The number of carbonyl (C=O) groups excluding carboxylic acids is 1. The maximum atomic E-state index is 12.4. The van der Waals surface area contributed by atoms with Gasteiger partial charge in [0.15, 0.2) is 0 Å². The van der Waals surface area contributed by atoms with Crippen molar-refractivity contribution in [1.82, 2.24) is 10.2 Å². The van der Waals surface area contributed by atoms with Crippen LogP contribution >= 0.6 is 11.3 Å². The number of nitrogens with one attached hydrogen (secondary N) is 1. The Bertz CT molecular complexity index is 540. The molecule has 1 heterocycles. The summed E-state index contributed by atoms with van der Waals surface area (Å²) in [4.78, 5) is 12.4. The van der Waals surface area contributed by atoms with Crippen molar-refractivity contribution in [1.29, 1.82) is 0 Å². The number of carbonyl (C=O) groups is 1. The van der Waals surface area contributed by atoms with Gasteiger partial charge >= 0.3 is 0 Å². The van der Waals surface area contributed by atoms with E-state index in [0.717, 1.165) is 44.4 Å². The predicted molar refractivity (Wildman–Crippen MR) is 99.7 cm³/mol. The first-order valence-corrected chi connectivity index (χ1v) is 11.3. The highest BCUT2D eigenvalue weighted by Crippen LogP contribution is 2.32. The van der Waals surface area contributed by atoms with E-state index < -0.39 is 10.8 Å². The van der Waals surface area contributed by atoms with Crippen LogP contribution in [0.5, 0.6) is 0 Å². The van der Waals surface area contributed by atoms with Gasteiger partial charge in [0.1, 0.15) is 0 Å². The van der Waals surface area contributed by atoms with Crippen LogP contribution in [0.4, 0.5) is 5.13 Å². The molecule has 0 spiro atoms. The highest BCUT2D eigenvalue weighted by molar-refractivity contribution is 7.87. The van der Waals surface area contributed by atoms with Gasteiger partial charge in [-0.3, -0.25) is 9.00 Å². The van der Waals surface area contributed by atoms with Gasteiger partial charge in [0.2, 0.25) is 15.4 Å². The largest absolute Gasteiger partial charge is 0.300 e. The van der Waals surface area contributed by atoms with Crippen molar-refractivity contribution >= 4 is 33.2 Å². The Hall–Kier alpha value is -0.820. The lowest BCUT2D eigenvalue weighted by Gasteiger charge is -2.27. The molecule has 136 valence electrons. The molecule has 5 nitrogen and oxygen atoms in total. The molecule has 1 aromatic rings. The lowest BCUT2D eigenvalue weighted by atomic mass is 9.79. The summed E-state index contributed by atoms with van der Waals surface area (Å²) in [5, 5.41) is 11.3. The normalized spacial score (nSPS) is 22.2. The molecular weight excluding hydrogens is 342 g/mol. The summed E-state index contributed by atoms with van der Waals surface area (Å²) < 4.78 is 12.5. The zero-order chi connectivity index (χ0) is 17.4. The summed E-state index contributed by atoms with van der Waals surface area (Å²) >= 11 is 1.24. The number of hydrogen-bond acceptors (Lipinski definition) is 5. The maximum Gasteiger partial charge on any atom is 0.229 e. The van der Waals surface area contributed by atoms with Crippen LogP contribution in [0.2, 0.25) is 0 Å². The molecule has 0 unspecified atom stereocenters. The Morgan fingerprint density at radius 2 is 1.88 bits per heavy atom. The number of hydrogen-bond donors (Lipinski definition) is 1. The Balaban J connectivity index is 1.79. The van der Waals surface area contributed by atoms with E-state index in [1.807, 2.05) is 0 Å². The van der Waals surface area contributed by atoms with Crippen molar-refractivity contribution in [3.05, 3.63) is 0 Å². The van der Waals surface area contributed by atoms with Gasteiger partial charge in [-0.1, -0.05) is 50.9 Å². The zero-order valence-corrected chi connectivity index (χ0v) is 16.4. The summed E-state index contributed by atoms with van der Waals surface area (Å²) in [6, 6.07) is 0. The molecule has 1 aliphatic carbocycles. The van der Waals surface area contributed by atoms with E-state index in [4.69, 9.17) is 0 Å². The molecule has 1 amide bonds. The third kappa shape index (κ3) is 5.92. The molecule has 1 N–H and O–H groups in total. The SMILES string of the molecule is CCCCC1CCC(C(=O)Nc2nnc([S@@](=O)CCCC)s2)CC1. The Kier molecular flexibility index (Phi) is 8.32. The summed E-state index contributed by atoms with van der Waals surface area (Å²) in [6.07, 6.45) is 10.0. The number of amides is 1. The first kappa shape index (κ1) is 19.5. The van der Waals surface area contributed by atoms with Gasteiger partial charge < -0.3 is 5.32 Å². The van der Waals surface area contributed by atoms with Crippen molar-refractivity contribution in [2.75, 3.05) is 11.1 Å². The van der Waals surface area contributed by atoms with E-state index in [1.54, 1.807) is 0 Å². The molecule has 7 heteroatoms. The molecule has 0 aromatic carbocycles. The van der Waals surface area contributed by atoms with Gasteiger partial charge in [0.25, 0.3) is 0 Å². The Morgan fingerprint density at radius 1 is 1.17 bits per heavy atom. The topological polar surface area (TPSA) is 72.0 Å². The molecule has 1 fully saturated rings. The minimum atomic E-state index is -1.10. The summed E-state index contributed by atoms with van der Waals surface area (Å²) in [5.74, 6) is 1.54. The molecule has 1 atom stereocenters. The van der Waals surface area contributed by atoms with Crippen LogP contribution < -0.4 is 5.32 Å². The number of rotatable bonds is 9. The zero-order valence-electron chi connectivity index (χ0n) is 14.8. The van der Waals surface area contributed by atoms with Gasteiger partial charge in [-0.15, -0.1) is 10.2 Å². The number of anilines is 1. The maximum absolute atomic E-state index is 12.4. The second kappa shape index (κ2) is 10.2. The van der Waals surface area contributed by atoms with E-state index in [-0.39, 0.29) is 11.8 Å².